The van der Waals surface area contributed by atoms with Crippen molar-refractivity contribution in [2.24, 2.45) is 0 Å². The van der Waals surface area contributed by atoms with E-state index in [1.54, 1.807) is 16.9 Å². The fraction of sp³-hybridized carbons (Fsp3) is 0.167. The van der Waals surface area contributed by atoms with Crippen LogP contribution < -0.4 is 0 Å². The third kappa shape index (κ3) is 2.09. The second-order valence-electron chi connectivity index (χ2n) is 3.59. The molecule has 0 aliphatic heterocycles. The summed E-state index contributed by atoms with van der Waals surface area (Å²) in [5.41, 5.74) is 2.07. The van der Waals surface area contributed by atoms with E-state index in [2.05, 4.69) is 5.10 Å². The van der Waals surface area contributed by atoms with Crippen molar-refractivity contribution in [1.29, 1.82) is 5.26 Å². The van der Waals surface area contributed by atoms with Gasteiger partial charge in [-0.3, -0.25) is 4.68 Å². The van der Waals surface area contributed by atoms with E-state index in [-0.39, 0.29) is 5.82 Å². The summed E-state index contributed by atoms with van der Waals surface area (Å²) in [5, 5.41) is 12.8. The van der Waals surface area contributed by atoms with Crippen LogP contribution in [-0.4, -0.2) is 9.78 Å². The molecule has 0 aliphatic rings. The van der Waals surface area contributed by atoms with E-state index < -0.39 is 0 Å². The molecule has 0 radical (unpaired) electrons. The molecule has 16 heavy (non-hydrogen) atoms. The van der Waals surface area contributed by atoms with Crippen LogP contribution in [0.5, 0.6) is 0 Å². The van der Waals surface area contributed by atoms with Gasteiger partial charge in [-0.15, -0.1) is 0 Å². The zero-order chi connectivity index (χ0) is 11.5. The number of hydrogen-bond acceptors (Lipinski definition) is 2. The van der Waals surface area contributed by atoms with Crippen LogP contribution in [0, 0.1) is 24.1 Å². The van der Waals surface area contributed by atoms with Crippen LogP contribution >= 0.6 is 0 Å². The molecule has 0 N–H and O–H groups in total. The van der Waals surface area contributed by atoms with Crippen molar-refractivity contribution in [2.45, 2.75) is 13.5 Å². The molecular formula is C12H10FN3. The molecule has 0 spiro atoms. The quantitative estimate of drug-likeness (QED) is 0.771. The highest BCUT2D eigenvalue weighted by atomic mass is 19.1. The highest BCUT2D eigenvalue weighted by molar-refractivity contribution is 5.33. The summed E-state index contributed by atoms with van der Waals surface area (Å²) < 4.78 is 14.9. The number of benzene rings is 1. The van der Waals surface area contributed by atoms with Gasteiger partial charge in [0, 0.05) is 11.9 Å². The van der Waals surface area contributed by atoms with Crippen molar-refractivity contribution in [2.75, 3.05) is 0 Å². The topological polar surface area (TPSA) is 41.6 Å². The van der Waals surface area contributed by atoms with Crippen LogP contribution in [0.4, 0.5) is 4.39 Å². The molecular weight excluding hydrogens is 205 g/mol. The SMILES string of the molecule is Cc1ccnn1Cc1cc(F)cc(C#N)c1. The first-order chi connectivity index (χ1) is 7.69. The van der Waals surface area contributed by atoms with Crippen molar-refractivity contribution in [1.82, 2.24) is 9.78 Å². The molecule has 2 aromatic rings. The first-order valence-electron chi connectivity index (χ1n) is 4.87. The molecule has 0 atom stereocenters. The van der Waals surface area contributed by atoms with Crippen LogP contribution in [0.1, 0.15) is 16.8 Å². The Hall–Kier alpha value is -2.15. The third-order valence-electron chi connectivity index (χ3n) is 2.35. The lowest BCUT2D eigenvalue weighted by Gasteiger charge is -2.05. The molecule has 0 bridgehead atoms. The molecule has 0 saturated carbocycles. The van der Waals surface area contributed by atoms with Gasteiger partial charge in [-0.2, -0.15) is 10.4 Å². The smallest absolute Gasteiger partial charge is 0.124 e. The molecule has 0 fully saturated rings. The lowest BCUT2D eigenvalue weighted by Crippen LogP contribution is -2.04. The van der Waals surface area contributed by atoms with Crippen molar-refractivity contribution < 1.29 is 4.39 Å². The summed E-state index contributed by atoms with van der Waals surface area (Å²) in [6.45, 7) is 2.41. The molecule has 0 unspecified atom stereocenters. The Balaban J connectivity index is 2.32. The van der Waals surface area contributed by atoms with Crippen LogP contribution in [0.25, 0.3) is 0 Å². The van der Waals surface area contributed by atoms with E-state index in [9.17, 15) is 4.39 Å². The Kier molecular flexibility index (Phi) is 2.69. The van der Waals surface area contributed by atoms with Gasteiger partial charge in [-0.25, -0.2) is 4.39 Å². The van der Waals surface area contributed by atoms with Gasteiger partial charge >= 0.3 is 0 Å². The summed E-state index contributed by atoms with van der Waals surface area (Å²) in [4.78, 5) is 0. The first-order valence-corrected chi connectivity index (χ1v) is 4.87. The summed E-state index contributed by atoms with van der Waals surface area (Å²) >= 11 is 0. The monoisotopic (exact) mass is 215 g/mol. The van der Waals surface area contributed by atoms with Gasteiger partial charge in [-0.05, 0) is 36.8 Å². The van der Waals surface area contributed by atoms with E-state index in [4.69, 9.17) is 5.26 Å². The van der Waals surface area contributed by atoms with Crippen LogP contribution in [0.3, 0.4) is 0 Å². The standard InChI is InChI=1S/C12H10FN3/c1-9-2-3-15-16(9)8-11-4-10(7-14)5-12(13)6-11/h2-6H,8H2,1H3. The van der Waals surface area contributed by atoms with Crippen LogP contribution in [-0.2, 0) is 6.54 Å². The zero-order valence-electron chi connectivity index (χ0n) is 8.81. The summed E-state index contributed by atoms with van der Waals surface area (Å²) in [7, 11) is 0. The number of nitriles is 1. The minimum atomic E-state index is -0.390. The Morgan fingerprint density at radius 1 is 1.44 bits per heavy atom. The molecule has 0 amide bonds. The molecule has 3 nitrogen and oxygen atoms in total. The van der Waals surface area contributed by atoms with Gasteiger partial charge in [0.1, 0.15) is 5.82 Å². The average Bonchev–Trinajstić information content (AvgIpc) is 2.63. The Labute approximate surface area is 92.7 Å². The van der Waals surface area contributed by atoms with Crippen LogP contribution in [0.15, 0.2) is 30.5 Å². The summed E-state index contributed by atoms with van der Waals surface area (Å²) in [6, 6.07) is 8.12. The largest absolute Gasteiger partial charge is 0.265 e. The average molecular weight is 215 g/mol. The highest BCUT2D eigenvalue weighted by Crippen LogP contribution is 2.10. The van der Waals surface area contributed by atoms with Gasteiger partial charge < -0.3 is 0 Å². The second-order valence-corrected chi connectivity index (χ2v) is 3.59. The molecule has 1 aromatic carbocycles. The Bertz CT molecular complexity index is 552. The lowest BCUT2D eigenvalue weighted by atomic mass is 10.1. The number of halogens is 1. The van der Waals surface area contributed by atoms with Gasteiger partial charge in [0.15, 0.2) is 0 Å². The molecule has 1 aromatic heterocycles. The number of nitrogens with zero attached hydrogens (tertiary/aromatic N) is 3. The third-order valence-corrected chi connectivity index (χ3v) is 2.35. The lowest BCUT2D eigenvalue weighted by molar-refractivity contribution is 0.616. The van der Waals surface area contributed by atoms with E-state index >= 15 is 0 Å². The molecule has 4 heteroatoms. The predicted molar refractivity (Wildman–Crippen MR) is 57.2 cm³/mol. The summed E-state index contributed by atoms with van der Waals surface area (Å²) in [6.07, 6.45) is 1.69. The maximum atomic E-state index is 13.2. The van der Waals surface area contributed by atoms with Gasteiger partial charge in [-0.1, -0.05) is 0 Å². The second kappa shape index (κ2) is 4.15. The Morgan fingerprint density at radius 3 is 2.88 bits per heavy atom. The molecule has 80 valence electrons. The minimum Gasteiger partial charge on any atom is -0.265 e. The fourth-order valence-corrected chi connectivity index (χ4v) is 1.54. The molecule has 2 rings (SSSR count). The Morgan fingerprint density at radius 2 is 2.25 bits per heavy atom. The number of aromatic nitrogens is 2. The van der Waals surface area contributed by atoms with Crippen molar-refractivity contribution in [3.63, 3.8) is 0 Å². The first kappa shape index (κ1) is 10.4. The van der Waals surface area contributed by atoms with Crippen LogP contribution in [0.2, 0.25) is 0 Å². The highest BCUT2D eigenvalue weighted by Gasteiger charge is 2.03. The maximum Gasteiger partial charge on any atom is 0.124 e. The zero-order valence-corrected chi connectivity index (χ0v) is 8.81. The number of aryl methyl sites for hydroxylation is 1. The van der Waals surface area contributed by atoms with Crippen molar-refractivity contribution in [3.8, 4) is 6.07 Å². The number of rotatable bonds is 2. The minimum absolute atomic E-state index is 0.333. The summed E-state index contributed by atoms with van der Waals surface area (Å²) in [5.74, 6) is -0.390. The number of hydrogen-bond donors (Lipinski definition) is 0. The van der Waals surface area contributed by atoms with Crippen molar-refractivity contribution in [3.05, 3.63) is 53.1 Å². The molecule has 0 saturated heterocycles. The molecule has 1 heterocycles. The molecule has 0 aliphatic carbocycles. The van der Waals surface area contributed by atoms with Crippen molar-refractivity contribution >= 4 is 0 Å². The normalized spacial score (nSPS) is 10.1. The predicted octanol–water partition coefficient (Wildman–Crippen LogP) is 2.25. The van der Waals surface area contributed by atoms with E-state index in [1.807, 2.05) is 19.1 Å². The van der Waals surface area contributed by atoms with Gasteiger partial charge in [0.2, 0.25) is 0 Å². The van der Waals surface area contributed by atoms with E-state index in [0.29, 0.717) is 12.1 Å². The maximum absolute atomic E-state index is 13.2. The van der Waals surface area contributed by atoms with E-state index in [1.165, 1.54) is 12.1 Å². The van der Waals surface area contributed by atoms with Gasteiger partial charge in [0.05, 0.1) is 18.2 Å². The fourth-order valence-electron chi connectivity index (χ4n) is 1.54. The van der Waals surface area contributed by atoms with Gasteiger partial charge in [0.25, 0.3) is 0 Å². The van der Waals surface area contributed by atoms with E-state index in [0.717, 1.165) is 11.3 Å².